The van der Waals surface area contributed by atoms with E-state index in [1.54, 1.807) is 0 Å². The fraction of sp³-hybridized carbons (Fsp3) is 0.600. The molecule has 0 saturated heterocycles. The van der Waals surface area contributed by atoms with Crippen LogP contribution in [0.1, 0.15) is 45.4 Å². The van der Waals surface area contributed by atoms with Crippen LogP contribution in [-0.2, 0) is 14.3 Å². The van der Waals surface area contributed by atoms with Crippen LogP contribution in [0.3, 0.4) is 0 Å². The molecule has 0 aliphatic heterocycles. The first-order valence-corrected chi connectivity index (χ1v) is 10.9. The molecular formula is C20H22BrClN2O5. The number of hydrogen-bond donors (Lipinski definition) is 1. The number of amides is 1. The third-order valence-corrected chi connectivity index (χ3v) is 7.74. The Morgan fingerprint density at radius 3 is 2.52 bits per heavy atom. The molecular weight excluding hydrogens is 464 g/mol. The van der Waals surface area contributed by atoms with Gasteiger partial charge in [-0.2, -0.15) is 0 Å². The van der Waals surface area contributed by atoms with Gasteiger partial charge in [0, 0.05) is 16.5 Å². The third kappa shape index (κ3) is 3.89. The molecule has 0 aromatic heterocycles. The number of hydrogen-bond acceptors (Lipinski definition) is 5. The monoisotopic (exact) mass is 484 g/mol. The Morgan fingerprint density at radius 2 is 1.97 bits per heavy atom. The summed E-state index contributed by atoms with van der Waals surface area (Å²) in [6.45, 7) is 1.52. The summed E-state index contributed by atoms with van der Waals surface area (Å²) in [5.41, 5.74) is -0.440. The van der Waals surface area contributed by atoms with Crippen LogP contribution >= 0.6 is 27.5 Å². The topological polar surface area (TPSA) is 98.5 Å². The number of rotatable bonds is 5. The van der Waals surface area contributed by atoms with Gasteiger partial charge >= 0.3 is 5.97 Å². The molecule has 0 radical (unpaired) electrons. The van der Waals surface area contributed by atoms with Gasteiger partial charge in [-0.25, -0.2) is 0 Å². The van der Waals surface area contributed by atoms with Crippen molar-refractivity contribution in [3.05, 3.63) is 33.3 Å². The number of alkyl halides is 1. The van der Waals surface area contributed by atoms with E-state index >= 15 is 0 Å². The van der Waals surface area contributed by atoms with E-state index in [-0.39, 0.29) is 26.7 Å². The SMILES string of the molecule is CC(OC(=O)C12CC3CC(CC(Br)(C3)C1)C2)C(=O)Nc1ccc([N+](=O)[O-])cc1Cl. The first kappa shape index (κ1) is 20.6. The van der Waals surface area contributed by atoms with Crippen molar-refractivity contribution in [3.8, 4) is 0 Å². The fourth-order valence-corrected chi connectivity index (χ4v) is 7.36. The van der Waals surface area contributed by atoms with Crippen molar-refractivity contribution in [2.75, 3.05) is 5.32 Å². The van der Waals surface area contributed by atoms with Crippen LogP contribution < -0.4 is 5.32 Å². The van der Waals surface area contributed by atoms with Crippen LogP contribution in [0.2, 0.25) is 5.02 Å². The highest BCUT2D eigenvalue weighted by atomic mass is 79.9. The lowest BCUT2D eigenvalue weighted by atomic mass is 9.49. The second kappa shape index (κ2) is 7.23. The summed E-state index contributed by atoms with van der Waals surface area (Å²) >= 11 is 9.90. The number of ether oxygens (including phenoxy) is 1. The van der Waals surface area contributed by atoms with E-state index in [9.17, 15) is 19.7 Å². The number of nitro groups is 1. The van der Waals surface area contributed by atoms with Crippen LogP contribution in [0.15, 0.2) is 18.2 Å². The van der Waals surface area contributed by atoms with Crippen LogP contribution in [0.4, 0.5) is 11.4 Å². The number of carbonyl (C=O) groups excluding carboxylic acids is 2. The average Bonchev–Trinajstić information content (AvgIpc) is 2.60. The number of halogens is 2. The summed E-state index contributed by atoms with van der Waals surface area (Å²) in [6, 6.07) is 3.78. The average molecular weight is 486 g/mol. The molecule has 3 unspecified atom stereocenters. The number of nitro benzene ring substituents is 1. The Hall–Kier alpha value is -1.67. The number of non-ortho nitro benzene ring substituents is 1. The van der Waals surface area contributed by atoms with Crippen molar-refractivity contribution in [3.63, 3.8) is 0 Å². The smallest absolute Gasteiger partial charge is 0.312 e. The molecule has 4 aliphatic carbocycles. The highest BCUT2D eigenvalue weighted by Crippen LogP contribution is 2.64. The minimum atomic E-state index is -0.993. The zero-order chi connectivity index (χ0) is 21.0. The molecule has 5 rings (SSSR count). The number of nitrogens with one attached hydrogen (secondary N) is 1. The summed E-state index contributed by atoms with van der Waals surface area (Å²) < 4.78 is 5.61. The molecule has 29 heavy (non-hydrogen) atoms. The Balaban J connectivity index is 1.41. The number of esters is 1. The summed E-state index contributed by atoms with van der Waals surface area (Å²) in [4.78, 5) is 35.8. The molecule has 4 saturated carbocycles. The largest absolute Gasteiger partial charge is 0.452 e. The van der Waals surface area contributed by atoms with Gasteiger partial charge in [0.05, 0.1) is 21.0 Å². The summed E-state index contributed by atoms with van der Waals surface area (Å²) in [6.07, 6.45) is 4.82. The lowest BCUT2D eigenvalue weighted by Crippen LogP contribution is -2.56. The second-order valence-electron chi connectivity index (χ2n) is 8.85. The second-order valence-corrected chi connectivity index (χ2v) is 10.9. The molecule has 156 valence electrons. The molecule has 1 N–H and O–H groups in total. The molecule has 1 aromatic carbocycles. The minimum absolute atomic E-state index is 0.0217. The molecule has 0 spiro atoms. The number of anilines is 1. The molecule has 7 nitrogen and oxygen atoms in total. The van der Waals surface area contributed by atoms with E-state index in [0.29, 0.717) is 11.8 Å². The Morgan fingerprint density at radius 1 is 1.31 bits per heavy atom. The Bertz CT molecular complexity index is 878. The summed E-state index contributed by atoms with van der Waals surface area (Å²) in [5, 5.41) is 13.4. The van der Waals surface area contributed by atoms with E-state index in [1.165, 1.54) is 31.5 Å². The molecule has 4 aliphatic rings. The lowest BCUT2D eigenvalue weighted by Gasteiger charge is -2.58. The van der Waals surface area contributed by atoms with Gasteiger partial charge in [-0.3, -0.25) is 19.7 Å². The quantitative estimate of drug-likeness (QED) is 0.278. The van der Waals surface area contributed by atoms with Gasteiger partial charge in [0.2, 0.25) is 0 Å². The van der Waals surface area contributed by atoms with Crippen molar-refractivity contribution >= 4 is 50.8 Å². The van der Waals surface area contributed by atoms with Crippen molar-refractivity contribution in [1.82, 2.24) is 0 Å². The maximum Gasteiger partial charge on any atom is 0.312 e. The van der Waals surface area contributed by atoms with Crippen LogP contribution in [0.25, 0.3) is 0 Å². The van der Waals surface area contributed by atoms with E-state index in [1.807, 2.05) is 0 Å². The first-order valence-electron chi connectivity index (χ1n) is 9.74. The molecule has 1 aromatic rings. The molecule has 1 amide bonds. The predicted molar refractivity (Wildman–Crippen MR) is 111 cm³/mol. The Kier molecular flexibility index (Phi) is 5.14. The van der Waals surface area contributed by atoms with Crippen LogP contribution in [-0.4, -0.2) is 27.2 Å². The van der Waals surface area contributed by atoms with Crippen molar-refractivity contribution in [2.24, 2.45) is 17.3 Å². The zero-order valence-electron chi connectivity index (χ0n) is 16.0. The highest BCUT2D eigenvalue weighted by molar-refractivity contribution is 9.10. The first-order chi connectivity index (χ1) is 13.6. The predicted octanol–water partition coefficient (Wildman–Crippen LogP) is 4.85. The van der Waals surface area contributed by atoms with Gasteiger partial charge in [-0.05, 0) is 63.4 Å². The van der Waals surface area contributed by atoms with Crippen molar-refractivity contribution in [2.45, 2.75) is 55.9 Å². The lowest BCUT2D eigenvalue weighted by molar-refractivity contribution is -0.384. The normalized spacial score (nSPS) is 33.2. The summed E-state index contributed by atoms with van der Waals surface area (Å²) in [7, 11) is 0. The van der Waals surface area contributed by atoms with Gasteiger partial charge in [-0.15, -0.1) is 0 Å². The van der Waals surface area contributed by atoms with Gasteiger partial charge in [0.15, 0.2) is 6.10 Å². The van der Waals surface area contributed by atoms with E-state index in [4.69, 9.17) is 16.3 Å². The number of nitrogens with zero attached hydrogens (tertiary/aromatic N) is 1. The summed E-state index contributed by atoms with van der Waals surface area (Å²) in [5.74, 6) is 0.248. The molecule has 9 heteroatoms. The van der Waals surface area contributed by atoms with Crippen LogP contribution in [0.5, 0.6) is 0 Å². The van der Waals surface area contributed by atoms with Gasteiger partial charge in [-0.1, -0.05) is 27.5 Å². The molecule has 4 bridgehead atoms. The van der Waals surface area contributed by atoms with Crippen molar-refractivity contribution < 1.29 is 19.2 Å². The number of carbonyl (C=O) groups is 2. The highest BCUT2D eigenvalue weighted by Gasteiger charge is 2.60. The Labute approximate surface area is 181 Å². The maximum absolute atomic E-state index is 13.1. The van der Waals surface area contributed by atoms with Gasteiger partial charge in [0.25, 0.3) is 11.6 Å². The number of benzene rings is 1. The zero-order valence-corrected chi connectivity index (χ0v) is 18.3. The minimum Gasteiger partial charge on any atom is -0.452 e. The van der Waals surface area contributed by atoms with Gasteiger partial charge < -0.3 is 10.1 Å². The molecule has 4 fully saturated rings. The maximum atomic E-state index is 13.1. The van der Waals surface area contributed by atoms with Crippen molar-refractivity contribution in [1.29, 1.82) is 0 Å². The van der Waals surface area contributed by atoms with E-state index in [2.05, 4.69) is 21.2 Å². The van der Waals surface area contributed by atoms with Crippen LogP contribution in [0, 0.1) is 27.4 Å². The standard InChI is InChI=1S/C20H22BrClN2O5/c1-11(17(25)23-16-3-2-14(24(27)28)5-15(16)22)29-18(26)19-6-12-4-13(7-19)9-20(21,8-12)10-19/h2-3,5,11-13H,4,6-10H2,1H3,(H,23,25). The molecule has 0 heterocycles. The fourth-order valence-electron chi connectivity index (χ4n) is 5.68. The van der Waals surface area contributed by atoms with E-state index in [0.717, 1.165) is 32.1 Å². The molecule has 3 atom stereocenters. The third-order valence-electron chi connectivity index (χ3n) is 6.50. The van der Waals surface area contributed by atoms with Gasteiger partial charge in [0.1, 0.15) is 0 Å². The van der Waals surface area contributed by atoms with E-state index < -0.39 is 22.3 Å².